The summed E-state index contributed by atoms with van der Waals surface area (Å²) in [6, 6.07) is 0. The molecular weight excluding hydrogens is 246 g/mol. The van der Waals surface area contributed by atoms with Gasteiger partial charge in [0.15, 0.2) is 5.69 Å². The Hall–Kier alpha value is -2.05. The lowest BCUT2D eigenvalue weighted by Gasteiger charge is -2.22. The van der Waals surface area contributed by atoms with Gasteiger partial charge in [-0.2, -0.15) is 5.10 Å². The normalized spacial score (nSPS) is 10.3. The zero-order valence-electron chi connectivity index (χ0n) is 11.9. The molecule has 7 heteroatoms. The molecule has 19 heavy (non-hydrogen) atoms. The number of hydrogen-bond donors (Lipinski definition) is 1. The van der Waals surface area contributed by atoms with Crippen LogP contribution in [-0.2, 0) is 11.8 Å². The second-order valence-electron chi connectivity index (χ2n) is 4.62. The number of likely N-dealkylation sites (N-methyl/N-ethyl adjacent to an activating group) is 1. The summed E-state index contributed by atoms with van der Waals surface area (Å²) in [6.07, 6.45) is 2.34. The van der Waals surface area contributed by atoms with E-state index in [1.54, 1.807) is 27.3 Å². The average Bonchev–Trinajstić information content (AvgIpc) is 2.66. The fourth-order valence-electron chi connectivity index (χ4n) is 1.65. The van der Waals surface area contributed by atoms with Gasteiger partial charge in [-0.15, -0.1) is 0 Å². The van der Waals surface area contributed by atoms with Gasteiger partial charge >= 0.3 is 0 Å². The van der Waals surface area contributed by atoms with Crippen molar-refractivity contribution in [2.45, 2.75) is 13.3 Å². The Bertz CT molecular complexity index is 467. The van der Waals surface area contributed by atoms with Crippen molar-refractivity contribution in [2.75, 3.05) is 32.9 Å². The van der Waals surface area contributed by atoms with Crippen LogP contribution >= 0.6 is 0 Å². The van der Waals surface area contributed by atoms with Crippen LogP contribution in [0.5, 0.6) is 0 Å². The van der Waals surface area contributed by atoms with Crippen LogP contribution in [0.4, 0.5) is 5.69 Å². The average molecular weight is 267 g/mol. The summed E-state index contributed by atoms with van der Waals surface area (Å²) >= 11 is 0. The third kappa shape index (κ3) is 3.70. The van der Waals surface area contributed by atoms with Crippen LogP contribution in [0.2, 0.25) is 0 Å². The molecule has 0 aliphatic rings. The number of nitrogen functional groups attached to an aromatic ring is 1. The highest BCUT2D eigenvalue weighted by atomic mass is 16.2. The van der Waals surface area contributed by atoms with Crippen LogP contribution in [0.1, 0.15) is 23.8 Å². The van der Waals surface area contributed by atoms with Crippen LogP contribution in [0.15, 0.2) is 6.20 Å². The molecule has 0 aliphatic carbocycles. The number of anilines is 1. The molecule has 1 aromatic rings. The van der Waals surface area contributed by atoms with E-state index in [1.807, 2.05) is 6.92 Å². The zero-order chi connectivity index (χ0) is 14.6. The molecule has 1 aromatic heterocycles. The van der Waals surface area contributed by atoms with Crippen molar-refractivity contribution in [3.8, 4) is 0 Å². The number of aromatic nitrogens is 2. The van der Waals surface area contributed by atoms with Crippen LogP contribution in [0.25, 0.3) is 0 Å². The smallest absolute Gasteiger partial charge is 0.276 e. The summed E-state index contributed by atoms with van der Waals surface area (Å²) in [5.74, 6) is -0.438. The number of carbonyl (C=O) groups is 2. The first-order valence-corrected chi connectivity index (χ1v) is 6.15. The molecule has 2 N–H and O–H groups in total. The zero-order valence-corrected chi connectivity index (χ0v) is 11.9. The van der Waals surface area contributed by atoms with Gasteiger partial charge < -0.3 is 15.5 Å². The monoisotopic (exact) mass is 267 g/mol. The molecule has 0 unspecified atom stereocenters. The van der Waals surface area contributed by atoms with Gasteiger partial charge in [0.2, 0.25) is 5.91 Å². The van der Waals surface area contributed by atoms with Gasteiger partial charge in [0.25, 0.3) is 5.91 Å². The minimum atomic E-state index is -0.310. The van der Waals surface area contributed by atoms with E-state index in [1.165, 1.54) is 14.5 Å². The first-order chi connectivity index (χ1) is 8.86. The molecule has 0 spiro atoms. The number of amides is 2. The molecule has 0 aromatic carbocycles. The Morgan fingerprint density at radius 2 is 2.05 bits per heavy atom. The summed E-state index contributed by atoms with van der Waals surface area (Å²) in [6.45, 7) is 2.48. The standard InChI is InChI=1S/C12H21N5O2/c1-5-6-17(8-10(18)15(2)3)12(19)11-9(13)7-16(4)14-11/h7H,5-6,8,13H2,1-4H3. The molecule has 0 fully saturated rings. The Kier molecular flexibility index (Phi) is 4.91. The molecule has 0 radical (unpaired) electrons. The van der Waals surface area contributed by atoms with Gasteiger partial charge in [0.05, 0.1) is 5.69 Å². The number of hydrogen-bond acceptors (Lipinski definition) is 4. The molecule has 1 heterocycles. The first-order valence-electron chi connectivity index (χ1n) is 6.15. The van der Waals surface area contributed by atoms with Crippen molar-refractivity contribution in [1.29, 1.82) is 0 Å². The Morgan fingerprint density at radius 1 is 1.42 bits per heavy atom. The van der Waals surface area contributed by atoms with Gasteiger partial charge in [0, 0.05) is 33.9 Å². The molecule has 0 saturated carbocycles. The van der Waals surface area contributed by atoms with Crippen molar-refractivity contribution in [3.63, 3.8) is 0 Å². The van der Waals surface area contributed by atoms with E-state index < -0.39 is 0 Å². The Morgan fingerprint density at radius 3 is 2.47 bits per heavy atom. The quantitative estimate of drug-likeness (QED) is 0.810. The van der Waals surface area contributed by atoms with Crippen molar-refractivity contribution in [3.05, 3.63) is 11.9 Å². The first kappa shape index (κ1) is 15.0. The van der Waals surface area contributed by atoms with Crippen molar-refractivity contribution < 1.29 is 9.59 Å². The van der Waals surface area contributed by atoms with E-state index in [9.17, 15) is 9.59 Å². The maximum atomic E-state index is 12.3. The number of rotatable bonds is 5. The SMILES string of the molecule is CCCN(CC(=O)N(C)C)C(=O)c1nn(C)cc1N. The lowest BCUT2D eigenvalue weighted by atomic mass is 10.3. The van der Waals surface area contributed by atoms with Crippen LogP contribution in [0.3, 0.4) is 0 Å². The van der Waals surface area contributed by atoms with E-state index in [0.717, 1.165) is 6.42 Å². The maximum Gasteiger partial charge on any atom is 0.276 e. The number of carbonyl (C=O) groups excluding carboxylic acids is 2. The highest BCUT2D eigenvalue weighted by Gasteiger charge is 2.23. The summed E-state index contributed by atoms with van der Waals surface area (Å²) in [7, 11) is 5.01. The molecule has 0 aliphatic heterocycles. The molecule has 0 saturated heterocycles. The minimum Gasteiger partial charge on any atom is -0.396 e. The van der Waals surface area contributed by atoms with Crippen LogP contribution in [-0.4, -0.2) is 58.6 Å². The molecule has 0 atom stereocenters. The van der Waals surface area contributed by atoms with E-state index in [2.05, 4.69) is 5.10 Å². The summed E-state index contributed by atoms with van der Waals surface area (Å²) in [5, 5.41) is 4.04. The lowest BCUT2D eigenvalue weighted by molar-refractivity contribution is -0.129. The molecular formula is C12H21N5O2. The Balaban J connectivity index is 2.89. The summed E-state index contributed by atoms with van der Waals surface area (Å²) in [4.78, 5) is 27.0. The highest BCUT2D eigenvalue weighted by molar-refractivity contribution is 5.98. The van der Waals surface area contributed by atoms with E-state index in [4.69, 9.17) is 5.73 Å². The maximum absolute atomic E-state index is 12.3. The summed E-state index contributed by atoms with van der Waals surface area (Å²) in [5.41, 5.74) is 6.26. The van der Waals surface area contributed by atoms with E-state index in [0.29, 0.717) is 12.2 Å². The molecule has 2 amide bonds. The van der Waals surface area contributed by atoms with Gasteiger partial charge in [-0.05, 0) is 6.42 Å². The fraction of sp³-hybridized carbons (Fsp3) is 0.583. The van der Waals surface area contributed by atoms with E-state index in [-0.39, 0.29) is 24.1 Å². The second-order valence-corrected chi connectivity index (χ2v) is 4.62. The van der Waals surface area contributed by atoms with Gasteiger partial charge in [-0.3, -0.25) is 14.3 Å². The molecule has 7 nitrogen and oxygen atoms in total. The van der Waals surface area contributed by atoms with Gasteiger partial charge in [-0.1, -0.05) is 6.92 Å². The molecule has 1 rings (SSSR count). The van der Waals surface area contributed by atoms with Crippen molar-refractivity contribution in [2.24, 2.45) is 7.05 Å². The minimum absolute atomic E-state index is 0.0374. The molecule has 106 valence electrons. The fourth-order valence-corrected chi connectivity index (χ4v) is 1.65. The number of nitrogens with two attached hydrogens (primary N) is 1. The van der Waals surface area contributed by atoms with Crippen molar-refractivity contribution in [1.82, 2.24) is 19.6 Å². The molecule has 0 bridgehead atoms. The number of nitrogens with zero attached hydrogens (tertiary/aromatic N) is 4. The third-order valence-corrected chi connectivity index (χ3v) is 2.67. The topological polar surface area (TPSA) is 84.5 Å². The van der Waals surface area contributed by atoms with Gasteiger partial charge in [0.1, 0.15) is 6.54 Å². The predicted molar refractivity (Wildman–Crippen MR) is 72.5 cm³/mol. The van der Waals surface area contributed by atoms with Crippen LogP contribution in [0, 0.1) is 0 Å². The number of aryl methyl sites for hydroxylation is 1. The lowest BCUT2D eigenvalue weighted by Crippen LogP contribution is -2.41. The van der Waals surface area contributed by atoms with E-state index >= 15 is 0 Å². The third-order valence-electron chi connectivity index (χ3n) is 2.67. The Labute approximate surface area is 113 Å². The van der Waals surface area contributed by atoms with Crippen molar-refractivity contribution >= 4 is 17.5 Å². The van der Waals surface area contributed by atoms with Crippen LogP contribution < -0.4 is 5.73 Å². The summed E-state index contributed by atoms with van der Waals surface area (Å²) < 4.78 is 1.49. The highest BCUT2D eigenvalue weighted by Crippen LogP contribution is 2.12. The second kappa shape index (κ2) is 6.21. The van der Waals surface area contributed by atoms with Gasteiger partial charge in [-0.25, -0.2) is 0 Å². The largest absolute Gasteiger partial charge is 0.396 e. The predicted octanol–water partition coefficient (Wildman–Crippen LogP) is -0.0573.